The molecule has 0 unspecified atom stereocenters. The van der Waals surface area contributed by atoms with Crippen LogP contribution in [0.25, 0.3) is 0 Å². The van der Waals surface area contributed by atoms with Gasteiger partial charge in [0.15, 0.2) is 0 Å². The largest absolute Gasteiger partial charge is 0.350 e. The molecule has 0 heterocycles. The van der Waals surface area contributed by atoms with E-state index in [4.69, 9.17) is 23.2 Å². The third-order valence-electron chi connectivity index (χ3n) is 4.81. The number of carbonyl (C=O) groups excluding carboxylic acids is 1. The Kier molecular flexibility index (Phi) is 7.26. The average Bonchev–Trinajstić information content (AvgIpc) is 2.73. The zero-order chi connectivity index (χ0) is 22.6. The number of nitrogens with one attached hydrogen (secondary N) is 1. The molecule has 0 bridgehead atoms. The first-order valence-corrected chi connectivity index (χ1v) is 11.7. The van der Waals surface area contributed by atoms with Crippen LogP contribution in [0, 0.1) is 13.8 Å². The molecule has 8 heteroatoms. The van der Waals surface area contributed by atoms with Crippen LogP contribution in [0.5, 0.6) is 0 Å². The van der Waals surface area contributed by atoms with Crippen molar-refractivity contribution < 1.29 is 13.2 Å². The number of nitrogens with zero attached hydrogens (tertiary/aromatic N) is 1. The third-order valence-corrected chi connectivity index (χ3v) is 7.14. The molecule has 0 spiro atoms. The van der Waals surface area contributed by atoms with E-state index in [1.165, 1.54) is 24.3 Å². The maximum atomic E-state index is 13.4. The van der Waals surface area contributed by atoms with E-state index in [0.717, 1.165) is 21.0 Å². The molecule has 0 radical (unpaired) electrons. The van der Waals surface area contributed by atoms with Crippen molar-refractivity contribution in [1.29, 1.82) is 0 Å². The van der Waals surface area contributed by atoms with E-state index in [1.807, 2.05) is 38.1 Å². The van der Waals surface area contributed by atoms with Gasteiger partial charge in [0.1, 0.15) is 6.54 Å². The first-order valence-electron chi connectivity index (χ1n) is 9.54. The van der Waals surface area contributed by atoms with Gasteiger partial charge in [0.2, 0.25) is 5.91 Å². The molecule has 3 aromatic carbocycles. The molecule has 0 aliphatic heterocycles. The molecule has 0 aliphatic carbocycles. The molecule has 0 saturated heterocycles. The zero-order valence-electron chi connectivity index (χ0n) is 17.1. The second-order valence-electron chi connectivity index (χ2n) is 7.12. The molecular formula is C23H22Cl2N2O3S. The lowest BCUT2D eigenvalue weighted by atomic mass is 10.1. The second kappa shape index (κ2) is 9.73. The van der Waals surface area contributed by atoms with Gasteiger partial charge in [0, 0.05) is 11.6 Å². The van der Waals surface area contributed by atoms with Gasteiger partial charge in [-0.25, -0.2) is 8.42 Å². The summed E-state index contributed by atoms with van der Waals surface area (Å²) in [5.41, 5.74) is 3.04. The van der Waals surface area contributed by atoms with Crippen LogP contribution in [0.2, 0.25) is 10.0 Å². The van der Waals surface area contributed by atoms with Crippen molar-refractivity contribution in [2.75, 3.05) is 10.8 Å². The molecule has 0 atom stereocenters. The maximum Gasteiger partial charge on any atom is 0.264 e. The highest BCUT2D eigenvalue weighted by atomic mass is 35.5. The summed E-state index contributed by atoms with van der Waals surface area (Å²) in [6, 6.07) is 18.5. The molecule has 31 heavy (non-hydrogen) atoms. The first kappa shape index (κ1) is 23.1. The van der Waals surface area contributed by atoms with E-state index in [9.17, 15) is 13.2 Å². The van der Waals surface area contributed by atoms with Crippen LogP contribution >= 0.6 is 23.2 Å². The van der Waals surface area contributed by atoms with Crippen LogP contribution in [0.1, 0.15) is 16.7 Å². The lowest BCUT2D eigenvalue weighted by Gasteiger charge is -2.25. The summed E-state index contributed by atoms with van der Waals surface area (Å²) in [5.74, 6) is -0.463. The van der Waals surface area contributed by atoms with Crippen LogP contribution in [-0.4, -0.2) is 20.9 Å². The summed E-state index contributed by atoms with van der Waals surface area (Å²) in [7, 11) is -4.07. The molecule has 0 aromatic heterocycles. The monoisotopic (exact) mass is 476 g/mol. The van der Waals surface area contributed by atoms with Crippen molar-refractivity contribution >= 4 is 44.8 Å². The van der Waals surface area contributed by atoms with E-state index in [2.05, 4.69) is 5.32 Å². The van der Waals surface area contributed by atoms with Gasteiger partial charge in [-0.3, -0.25) is 9.10 Å². The molecular weight excluding hydrogens is 455 g/mol. The Morgan fingerprint density at radius 1 is 0.968 bits per heavy atom. The van der Waals surface area contributed by atoms with Crippen LogP contribution in [-0.2, 0) is 21.4 Å². The van der Waals surface area contributed by atoms with Crippen molar-refractivity contribution in [3.05, 3.63) is 93.5 Å². The predicted octanol–water partition coefficient (Wildman–Crippen LogP) is 5.12. The minimum atomic E-state index is -4.07. The highest BCUT2D eigenvalue weighted by Gasteiger charge is 2.29. The predicted molar refractivity (Wildman–Crippen MR) is 125 cm³/mol. The minimum Gasteiger partial charge on any atom is -0.350 e. The fraction of sp³-hybridized carbons (Fsp3) is 0.174. The van der Waals surface area contributed by atoms with E-state index >= 15 is 0 Å². The normalized spacial score (nSPS) is 11.2. The van der Waals surface area contributed by atoms with Crippen molar-refractivity contribution in [1.82, 2.24) is 5.32 Å². The molecule has 3 aromatic rings. The highest BCUT2D eigenvalue weighted by molar-refractivity contribution is 7.92. The second-order valence-corrected chi connectivity index (χ2v) is 9.83. The number of hydrogen-bond acceptors (Lipinski definition) is 3. The van der Waals surface area contributed by atoms with Crippen LogP contribution < -0.4 is 9.62 Å². The molecule has 0 aliphatic rings. The van der Waals surface area contributed by atoms with Crippen LogP contribution in [0.15, 0.2) is 71.6 Å². The van der Waals surface area contributed by atoms with Crippen molar-refractivity contribution in [2.45, 2.75) is 25.3 Å². The fourth-order valence-electron chi connectivity index (χ4n) is 3.00. The van der Waals surface area contributed by atoms with Crippen molar-refractivity contribution in [2.24, 2.45) is 0 Å². The maximum absolute atomic E-state index is 13.4. The summed E-state index contributed by atoms with van der Waals surface area (Å²) < 4.78 is 27.8. The Morgan fingerprint density at radius 2 is 1.65 bits per heavy atom. The molecule has 1 amide bonds. The fourth-order valence-corrected chi connectivity index (χ4v) is 4.87. The van der Waals surface area contributed by atoms with Gasteiger partial charge in [-0.1, -0.05) is 65.2 Å². The van der Waals surface area contributed by atoms with E-state index in [1.54, 1.807) is 18.2 Å². The number of anilines is 1. The molecule has 3 rings (SSSR count). The smallest absolute Gasteiger partial charge is 0.264 e. The number of rotatable bonds is 7. The van der Waals surface area contributed by atoms with E-state index in [0.29, 0.717) is 5.02 Å². The molecule has 0 fully saturated rings. The number of carbonyl (C=O) groups is 1. The highest BCUT2D eigenvalue weighted by Crippen LogP contribution is 2.33. The van der Waals surface area contributed by atoms with Crippen LogP contribution in [0.4, 0.5) is 5.69 Å². The third kappa shape index (κ3) is 5.58. The number of halogens is 2. The molecule has 0 saturated carbocycles. The lowest BCUT2D eigenvalue weighted by molar-refractivity contribution is -0.119. The minimum absolute atomic E-state index is 0.0563. The summed E-state index contributed by atoms with van der Waals surface area (Å²) in [6.07, 6.45) is 0. The number of aryl methyl sites for hydroxylation is 2. The van der Waals surface area contributed by atoms with Gasteiger partial charge < -0.3 is 5.32 Å². The summed E-state index contributed by atoms with van der Waals surface area (Å²) >= 11 is 12.4. The number of hydrogen-bond donors (Lipinski definition) is 1. The Bertz CT molecular complexity index is 1200. The Balaban J connectivity index is 1.92. The summed E-state index contributed by atoms with van der Waals surface area (Å²) in [5, 5.41) is 3.27. The summed E-state index contributed by atoms with van der Waals surface area (Å²) in [4.78, 5) is 12.8. The number of benzene rings is 3. The van der Waals surface area contributed by atoms with Crippen molar-refractivity contribution in [3.8, 4) is 0 Å². The Labute approximate surface area is 192 Å². The van der Waals surface area contributed by atoms with Gasteiger partial charge in [-0.2, -0.15) is 0 Å². The number of amides is 1. The standard InChI is InChI=1S/C23H22Cl2N2O3S/c1-16-7-10-20(11-8-16)31(29,30)27(22-13-19(24)9-12-21(22)25)15-23(28)26-14-18-6-4-3-5-17(18)2/h3-13H,14-15H2,1-2H3,(H,26,28). The van der Waals surface area contributed by atoms with Gasteiger partial charge in [-0.15, -0.1) is 0 Å². The lowest BCUT2D eigenvalue weighted by Crippen LogP contribution is -2.41. The average molecular weight is 477 g/mol. The zero-order valence-corrected chi connectivity index (χ0v) is 19.4. The molecule has 5 nitrogen and oxygen atoms in total. The Morgan fingerprint density at radius 3 is 2.32 bits per heavy atom. The van der Waals surface area contributed by atoms with Gasteiger partial charge in [0.05, 0.1) is 15.6 Å². The summed E-state index contributed by atoms with van der Waals surface area (Å²) in [6.45, 7) is 3.65. The van der Waals surface area contributed by atoms with Gasteiger partial charge in [0.25, 0.3) is 10.0 Å². The van der Waals surface area contributed by atoms with Gasteiger partial charge in [-0.05, 0) is 55.3 Å². The van der Waals surface area contributed by atoms with Crippen LogP contribution in [0.3, 0.4) is 0 Å². The first-order chi connectivity index (χ1) is 14.7. The van der Waals surface area contributed by atoms with Crippen molar-refractivity contribution in [3.63, 3.8) is 0 Å². The Hall–Kier alpha value is -2.54. The molecule has 1 N–H and O–H groups in total. The van der Waals surface area contributed by atoms with E-state index < -0.39 is 22.5 Å². The van der Waals surface area contributed by atoms with E-state index in [-0.39, 0.29) is 22.2 Å². The quantitative estimate of drug-likeness (QED) is 0.514. The van der Waals surface area contributed by atoms with Gasteiger partial charge >= 0.3 is 0 Å². The topological polar surface area (TPSA) is 66.5 Å². The SMILES string of the molecule is Cc1ccc(S(=O)(=O)N(CC(=O)NCc2ccccc2C)c2cc(Cl)ccc2Cl)cc1. The molecule has 162 valence electrons. The number of sulfonamides is 1.